The summed E-state index contributed by atoms with van der Waals surface area (Å²) in [7, 11) is 2.12. The Balaban J connectivity index is 1.48. The molecule has 4 rings (SSSR count). The molecule has 0 N–H and O–H groups in total. The molecule has 3 aromatic rings. The summed E-state index contributed by atoms with van der Waals surface area (Å²) < 4.78 is 1.19. The SMILES string of the molecule is CN(c1ccncn1)C1CCN(c2ncnc3ccsc23)CC1. The first-order valence-corrected chi connectivity index (χ1v) is 8.63. The van der Waals surface area contributed by atoms with Gasteiger partial charge >= 0.3 is 0 Å². The predicted octanol–water partition coefficient (Wildman–Crippen LogP) is 2.59. The summed E-state index contributed by atoms with van der Waals surface area (Å²) in [5.74, 6) is 2.06. The van der Waals surface area contributed by atoms with Crippen LogP contribution in [0.1, 0.15) is 12.8 Å². The van der Waals surface area contributed by atoms with Crippen LogP contribution in [0.3, 0.4) is 0 Å². The minimum atomic E-state index is 0.502. The Morgan fingerprint density at radius 2 is 2.00 bits per heavy atom. The van der Waals surface area contributed by atoms with Crippen molar-refractivity contribution in [2.75, 3.05) is 29.9 Å². The number of anilines is 2. The van der Waals surface area contributed by atoms with Crippen LogP contribution in [-0.4, -0.2) is 46.1 Å². The van der Waals surface area contributed by atoms with E-state index >= 15 is 0 Å². The number of piperidine rings is 1. The van der Waals surface area contributed by atoms with Crippen LogP contribution in [0, 0.1) is 0 Å². The van der Waals surface area contributed by atoms with Crippen LogP contribution in [0.25, 0.3) is 10.2 Å². The topological polar surface area (TPSA) is 58.0 Å². The number of hydrogen-bond donors (Lipinski definition) is 0. The lowest BCUT2D eigenvalue weighted by Gasteiger charge is -2.37. The van der Waals surface area contributed by atoms with E-state index in [2.05, 4.69) is 48.2 Å². The van der Waals surface area contributed by atoms with Crippen LogP contribution in [-0.2, 0) is 0 Å². The summed E-state index contributed by atoms with van der Waals surface area (Å²) in [5, 5.41) is 2.08. The first-order valence-electron chi connectivity index (χ1n) is 7.75. The van der Waals surface area contributed by atoms with Crippen molar-refractivity contribution in [1.29, 1.82) is 0 Å². The Morgan fingerprint density at radius 1 is 1.13 bits per heavy atom. The lowest BCUT2D eigenvalue weighted by atomic mass is 10.0. The van der Waals surface area contributed by atoms with Crippen LogP contribution < -0.4 is 9.80 Å². The van der Waals surface area contributed by atoms with E-state index in [4.69, 9.17) is 0 Å². The zero-order chi connectivity index (χ0) is 15.6. The first kappa shape index (κ1) is 14.3. The van der Waals surface area contributed by atoms with E-state index in [1.54, 1.807) is 30.2 Å². The normalized spacial score (nSPS) is 16.0. The highest BCUT2D eigenvalue weighted by Gasteiger charge is 2.25. The van der Waals surface area contributed by atoms with E-state index in [-0.39, 0.29) is 0 Å². The van der Waals surface area contributed by atoms with E-state index in [1.165, 1.54) is 4.70 Å². The molecule has 0 aliphatic carbocycles. The molecule has 1 aliphatic heterocycles. The van der Waals surface area contributed by atoms with Crippen molar-refractivity contribution in [3.8, 4) is 0 Å². The molecule has 0 saturated carbocycles. The van der Waals surface area contributed by atoms with Gasteiger partial charge in [0.15, 0.2) is 0 Å². The average molecular weight is 326 g/mol. The Morgan fingerprint density at radius 3 is 2.78 bits per heavy atom. The highest BCUT2D eigenvalue weighted by atomic mass is 32.1. The third-order valence-corrected chi connectivity index (χ3v) is 5.36. The average Bonchev–Trinajstić information content (AvgIpc) is 3.11. The minimum absolute atomic E-state index is 0.502. The van der Waals surface area contributed by atoms with Crippen molar-refractivity contribution < 1.29 is 0 Å². The molecule has 6 nitrogen and oxygen atoms in total. The van der Waals surface area contributed by atoms with Gasteiger partial charge in [0.1, 0.15) is 24.3 Å². The lowest BCUT2D eigenvalue weighted by molar-refractivity contribution is 0.478. The zero-order valence-corrected chi connectivity index (χ0v) is 13.8. The van der Waals surface area contributed by atoms with Gasteiger partial charge in [-0.3, -0.25) is 0 Å². The Labute approximate surface area is 138 Å². The standard InChI is InChI=1S/C16H18N6S/c1-21(14-2-6-17-10-19-14)12-3-7-22(8-4-12)16-15-13(5-9-23-15)18-11-20-16/h2,5-6,9-12H,3-4,7-8H2,1H3. The largest absolute Gasteiger partial charge is 0.356 e. The number of hydrogen-bond acceptors (Lipinski definition) is 7. The molecular formula is C16H18N6S. The van der Waals surface area contributed by atoms with E-state index < -0.39 is 0 Å². The molecule has 0 bridgehead atoms. The molecule has 7 heteroatoms. The first-order chi connectivity index (χ1) is 11.3. The van der Waals surface area contributed by atoms with Crippen LogP contribution in [0.4, 0.5) is 11.6 Å². The smallest absolute Gasteiger partial charge is 0.150 e. The van der Waals surface area contributed by atoms with Crippen LogP contribution in [0.5, 0.6) is 0 Å². The quantitative estimate of drug-likeness (QED) is 0.737. The fourth-order valence-electron chi connectivity index (χ4n) is 3.15. The van der Waals surface area contributed by atoms with Crippen molar-refractivity contribution in [2.24, 2.45) is 0 Å². The van der Waals surface area contributed by atoms with Gasteiger partial charge < -0.3 is 9.80 Å². The highest BCUT2D eigenvalue weighted by Crippen LogP contribution is 2.30. The number of rotatable bonds is 3. The maximum Gasteiger partial charge on any atom is 0.150 e. The van der Waals surface area contributed by atoms with Gasteiger partial charge in [0, 0.05) is 32.4 Å². The zero-order valence-electron chi connectivity index (χ0n) is 13.0. The van der Waals surface area contributed by atoms with Crippen molar-refractivity contribution >= 4 is 33.2 Å². The molecule has 0 unspecified atom stereocenters. The van der Waals surface area contributed by atoms with Gasteiger partial charge in [0.2, 0.25) is 0 Å². The van der Waals surface area contributed by atoms with Crippen molar-refractivity contribution in [3.05, 3.63) is 36.4 Å². The monoisotopic (exact) mass is 326 g/mol. The molecule has 4 heterocycles. The summed E-state index contributed by atoms with van der Waals surface area (Å²) in [5.41, 5.74) is 1.04. The van der Waals surface area contributed by atoms with Gasteiger partial charge in [-0.1, -0.05) is 0 Å². The summed E-state index contributed by atoms with van der Waals surface area (Å²) in [6, 6.07) is 4.52. The van der Waals surface area contributed by atoms with Gasteiger partial charge in [0.05, 0.1) is 10.2 Å². The maximum atomic E-state index is 4.52. The molecular weight excluding hydrogens is 308 g/mol. The lowest BCUT2D eigenvalue weighted by Crippen LogP contribution is -2.44. The highest BCUT2D eigenvalue weighted by molar-refractivity contribution is 7.17. The van der Waals surface area contributed by atoms with Crippen LogP contribution >= 0.6 is 11.3 Å². The summed E-state index contributed by atoms with van der Waals surface area (Å²) >= 11 is 1.72. The number of fused-ring (bicyclic) bond motifs is 1. The summed E-state index contributed by atoms with van der Waals surface area (Å²) in [6.45, 7) is 2.01. The minimum Gasteiger partial charge on any atom is -0.356 e. The fraction of sp³-hybridized carbons (Fsp3) is 0.375. The van der Waals surface area contributed by atoms with Gasteiger partial charge in [-0.05, 0) is 30.4 Å². The Bertz CT molecular complexity index is 781. The van der Waals surface area contributed by atoms with E-state index in [9.17, 15) is 0 Å². The van der Waals surface area contributed by atoms with Crippen molar-refractivity contribution in [2.45, 2.75) is 18.9 Å². The number of thiophene rings is 1. The molecule has 1 fully saturated rings. The molecule has 1 saturated heterocycles. The fourth-order valence-corrected chi connectivity index (χ4v) is 4.01. The predicted molar refractivity (Wildman–Crippen MR) is 93.1 cm³/mol. The Hall–Kier alpha value is -2.28. The molecule has 0 amide bonds. The van der Waals surface area contributed by atoms with Gasteiger partial charge in [-0.15, -0.1) is 11.3 Å². The van der Waals surface area contributed by atoms with Crippen molar-refractivity contribution in [1.82, 2.24) is 19.9 Å². The second kappa shape index (κ2) is 6.08. The third kappa shape index (κ3) is 2.72. The molecule has 23 heavy (non-hydrogen) atoms. The summed E-state index contributed by atoms with van der Waals surface area (Å²) in [4.78, 5) is 21.8. The molecule has 0 aromatic carbocycles. The van der Waals surface area contributed by atoms with Gasteiger partial charge in [-0.2, -0.15) is 0 Å². The van der Waals surface area contributed by atoms with E-state index in [0.717, 1.165) is 43.1 Å². The van der Waals surface area contributed by atoms with Crippen LogP contribution in [0.15, 0.2) is 36.4 Å². The third-order valence-electron chi connectivity index (χ3n) is 4.46. The molecule has 3 aromatic heterocycles. The van der Waals surface area contributed by atoms with Gasteiger partial charge in [-0.25, -0.2) is 19.9 Å². The molecule has 1 aliphatic rings. The number of aromatic nitrogens is 4. The maximum absolute atomic E-state index is 4.52. The molecule has 118 valence electrons. The van der Waals surface area contributed by atoms with Crippen LogP contribution in [0.2, 0.25) is 0 Å². The Kier molecular flexibility index (Phi) is 3.78. The second-order valence-corrected chi connectivity index (χ2v) is 6.65. The second-order valence-electron chi connectivity index (χ2n) is 5.73. The van der Waals surface area contributed by atoms with E-state index in [1.807, 2.05) is 6.07 Å². The molecule has 0 atom stereocenters. The van der Waals surface area contributed by atoms with Crippen molar-refractivity contribution in [3.63, 3.8) is 0 Å². The van der Waals surface area contributed by atoms with E-state index in [0.29, 0.717) is 6.04 Å². The molecule has 0 radical (unpaired) electrons. The molecule has 0 spiro atoms. The number of nitrogens with zero attached hydrogens (tertiary/aromatic N) is 6. The van der Waals surface area contributed by atoms with Gasteiger partial charge in [0.25, 0.3) is 0 Å². The summed E-state index contributed by atoms with van der Waals surface area (Å²) in [6.07, 6.45) is 7.26.